The predicted molar refractivity (Wildman–Crippen MR) is 102 cm³/mol. The van der Waals surface area contributed by atoms with Crippen LogP contribution in [0, 0.1) is 0 Å². The van der Waals surface area contributed by atoms with Crippen molar-refractivity contribution in [1.82, 2.24) is 10.6 Å². The van der Waals surface area contributed by atoms with Crippen LogP contribution < -0.4 is 15.7 Å². The Morgan fingerprint density at radius 1 is 0.828 bits per heavy atom. The molecule has 2 N–H and O–H groups in total. The second-order valence-electron chi connectivity index (χ2n) is 6.21. The molecule has 0 saturated heterocycles. The monoisotopic (exact) mass is 399 g/mol. The molecule has 0 spiro atoms. The molecule has 0 aliphatic carbocycles. The summed E-state index contributed by atoms with van der Waals surface area (Å²) in [5, 5.41) is 16.0. The summed E-state index contributed by atoms with van der Waals surface area (Å²) in [5.41, 5.74) is 1.64. The lowest BCUT2D eigenvalue weighted by Crippen LogP contribution is -2.48. The quantitative estimate of drug-likeness (QED) is 0.588. The molecule has 0 heterocycles. The minimum absolute atomic E-state index is 0.0290. The van der Waals surface area contributed by atoms with Gasteiger partial charge in [-0.25, -0.2) is 9.59 Å². The number of carboxylic acids is 1. The van der Waals surface area contributed by atoms with E-state index in [1.165, 1.54) is 0 Å². The minimum Gasteiger partial charge on any atom is -0.548 e. The zero-order valence-corrected chi connectivity index (χ0v) is 15.8. The molecule has 0 fully saturated rings. The molecule has 0 aliphatic rings. The number of alkyl carbamates (subject to hydrolysis) is 2. The fraction of sp³-hybridized carbons (Fsp3) is 0.286. The third-order valence-corrected chi connectivity index (χ3v) is 3.94. The van der Waals surface area contributed by atoms with Gasteiger partial charge in [0.25, 0.3) is 0 Å². The van der Waals surface area contributed by atoms with Crippen LogP contribution in [0.15, 0.2) is 60.7 Å². The summed E-state index contributed by atoms with van der Waals surface area (Å²) >= 11 is 0. The van der Waals surface area contributed by atoms with Gasteiger partial charge in [0.2, 0.25) is 0 Å². The highest BCUT2D eigenvalue weighted by molar-refractivity contribution is 5.78. The Bertz CT molecular complexity index is 782. The first kappa shape index (κ1) is 21.7. The zero-order chi connectivity index (χ0) is 20.9. The molecule has 2 aromatic carbocycles. The van der Waals surface area contributed by atoms with Crippen LogP contribution in [0.1, 0.15) is 24.0 Å². The van der Waals surface area contributed by atoms with E-state index in [1.54, 1.807) is 24.3 Å². The first-order chi connectivity index (χ1) is 14.0. The lowest BCUT2D eigenvalue weighted by atomic mass is 10.1. The molecule has 2 rings (SSSR count). The van der Waals surface area contributed by atoms with E-state index in [0.717, 1.165) is 11.1 Å². The van der Waals surface area contributed by atoms with Crippen LogP contribution in [0.2, 0.25) is 0 Å². The molecule has 8 heteroatoms. The van der Waals surface area contributed by atoms with Gasteiger partial charge < -0.3 is 30.0 Å². The maximum atomic E-state index is 11.8. The number of carbonyl (C=O) groups is 3. The number of amides is 2. The van der Waals surface area contributed by atoms with E-state index in [0.29, 0.717) is 6.42 Å². The van der Waals surface area contributed by atoms with Crippen molar-refractivity contribution < 1.29 is 29.0 Å². The number of aliphatic carboxylic acids is 1. The second-order valence-corrected chi connectivity index (χ2v) is 6.21. The molecule has 154 valence electrons. The van der Waals surface area contributed by atoms with Gasteiger partial charge in [0.05, 0.1) is 12.0 Å². The Kier molecular flexibility index (Phi) is 9.01. The van der Waals surface area contributed by atoms with E-state index >= 15 is 0 Å². The van der Waals surface area contributed by atoms with E-state index in [9.17, 15) is 19.5 Å². The fourth-order valence-corrected chi connectivity index (χ4v) is 2.43. The van der Waals surface area contributed by atoms with Crippen LogP contribution in [0.5, 0.6) is 0 Å². The average molecular weight is 399 g/mol. The topological polar surface area (TPSA) is 117 Å². The molecule has 8 nitrogen and oxygen atoms in total. The van der Waals surface area contributed by atoms with E-state index < -0.39 is 24.2 Å². The molecule has 1 atom stereocenters. The number of ether oxygens (including phenoxy) is 2. The average Bonchev–Trinajstić information content (AvgIpc) is 2.74. The number of carboxylic acid groups (broad SMARTS) is 1. The van der Waals surface area contributed by atoms with Gasteiger partial charge in [-0.2, -0.15) is 0 Å². The molecule has 0 unspecified atom stereocenters. The molecule has 0 radical (unpaired) electrons. The van der Waals surface area contributed by atoms with Gasteiger partial charge in [-0.1, -0.05) is 60.7 Å². The second kappa shape index (κ2) is 12.0. The van der Waals surface area contributed by atoms with Crippen molar-refractivity contribution in [2.24, 2.45) is 0 Å². The van der Waals surface area contributed by atoms with E-state index in [1.807, 2.05) is 36.4 Å². The van der Waals surface area contributed by atoms with Gasteiger partial charge in [-0.15, -0.1) is 0 Å². The van der Waals surface area contributed by atoms with Crippen LogP contribution in [0.3, 0.4) is 0 Å². The molecule has 29 heavy (non-hydrogen) atoms. The third-order valence-electron chi connectivity index (χ3n) is 3.94. The highest BCUT2D eigenvalue weighted by Crippen LogP contribution is 2.03. The summed E-state index contributed by atoms with van der Waals surface area (Å²) < 4.78 is 10.0. The molecule has 0 bridgehead atoms. The summed E-state index contributed by atoms with van der Waals surface area (Å²) in [6, 6.07) is 17.0. The SMILES string of the molecule is O=C(NCCC[C@@H](NC(=O)OCc1ccccc1)C(=O)[O-])OCc1ccccc1. The molecule has 2 aromatic rings. The number of nitrogens with one attached hydrogen (secondary N) is 2. The van der Waals surface area contributed by atoms with Gasteiger partial charge >= 0.3 is 12.2 Å². The first-order valence-corrected chi connectivity index (χ1v) is 9.17. The normalized spacial score (nSPS) is 11.2. The Balaban J connectivity index is 1.63. The van der Waals surface area contributed by atoms with Crippen molar-refractivity contribution in [3.8, 4) is 0 Å². The minimum atomic E-state index is -1.42. The molecular weight excluding hydrogens is 376 g/mol. The van der Waals surface area contributed by atoms with Crippen molar-refractivity contribution in [3.63, 3.8) is 0 Å². The first-order valence-electron chi connectivity index (χ1n) is 9.17. The summed E-state index contributed by atoms with van der Waals surface area (Å²) in [7, 11) is 0. The molecular formula is C21H23N2O6-. The van der Waals surface area contributed by atoms with Crippen molar-refractivity contribution in [2.45, 2.75) is 32.1 Å². The molecule has 0 aliphatic heterocycles. The fourth-order valence-electron chi connectivity index (χ4n) is 2.43. The van der Waals surface area contributed by atoms with Crippen LogP contribution in [-0.2, 0) is 27.5 Å². The summed E-state index contributed by atoms with van der Waals surface area (Å²) in [4.78, 5) is 34.6. The van der Waals surface area contributed by atoms with E-state index in [2.05, 4.69) is 10.6 Å². The Hall–Kier alpha value is -3.55. The van der Waals surface area contributed by atoms with Crippen molar-refractivity contribution >= 4 is 18.2 Å². The summed E-state index contributed by atoms with van der Waals surface area (Å²) in [5.74, 6) is -1.42. The zero-order valence-electron chi connectivity index (χ0n) is 15.8. The van der Waals surface area contributed by atoms with Crippen molar-refractivity contribution in [3.05, 3.63) is 71.8 Å². The van der Waals surface area contributed by atoms with Crippen LogP contribution in [-0.4, -0.2) is 30.7 Å². The third kappa shape index (κ3) is 8.79. The predicted octanol–water partition coefficient (Wildman–Crippen LogP) is 1.74. The lowest BCUT2D eigenvalue weighted by molar-refractivity contribution is -0.308. The molecule has 0 saturated carbocycles. The van der Waals surface area contributed by atoms with Gasteiger partial charge in [0, 0.05) is 6.54 Å². The number of carbonyl (C=O) groups excluding carboxylic acids is 3. The number of benzene rings is 2. The highest BCUT2D eigenvalue weighted by atomic mass is 16.6. The van der Waals surface area contributed by atoms with Crippen LogP contribution >= 0.6 is 0 Å². The molecule has 2 amide bonds. The maximum absolute atomic E-state index is 11.8. The van der Waals surface area contributed by atoms with Crippen molar-refractivity contribution in [2.75, 3.05) is 6.54 Å². The number of hydrogen-bond donors (Lipinski definition) is 2. The maximum Gasteiger partial charge on any atom is 0.407 e. The van der Waals surface area contributed by atoms with E-state index in [4.69, 9.17) is 9.47 Å². The number of rotatable bonds is 10. The van der Waals surface area contributed by atoms with E-state index in [-0.39, 0.29) is 26.2 Å². The van der Waals surface area contributed by atoms with Gasteiger partial charge in [0.15, 0.2) is 0 Å². The molecule has 0 aromatic heterocycles. The Morgan fingerprint density at radius 2 is 1.34 bits per heavy atom. The van der Waals surface area contributed by atoms with Crippen LogP contribution in [0.25, 0.3) is 0 Å². The highest BCUT2D eigenvalue weighted by Gasteiger charge is 2.14. The smallest absolute Gasteiger partial charge is 0.407 e. The number of hydrogen-bond acceptors (Lipinski definition) is 6. The van der Waals surface area contributed by atoms with Crippen LogP contribution in [0.4, 0.5) is 9.59 Å². The van der Waals surface area contributed by atoms with Gasteiger partial charge in [-0.05, 0) is 24.0 Å². The van der Waals surface area contributed by atoms with Gasteiger partial charge in [0.1, 0.15) is 13.2 Å². The largest absolute Gasteiger partial charge is 0.548 e. The standard InChI is InChI=1S/C21H24N2O6/c24-19(25)18(23-21(27)29-15-17-10-5-2-6-11-17)12-7-13-22-20(26)28-14-16-8-3-1-4-9-16/h1-6,8-11,18H,7,12-15H2,(H,22,26)(H,23,27)(H,24,25)/p-1/t18-/m1/s1. The summed E-state index contributed by atoms with van der Waals surface area (Å²) in [6.45, 7) is 0.364. The lowest BCUT2D eigenvalue weighted by Gasteiger charge is -2.19. The summed E-state index contributed by atoms with van der Waals surface area (Å²) in [6.07, 6.45) is -1.08. The Morgan fingerprint density at radius 3 is 1.86 bits per heavy atom. The van der Waals surface area contributed by atoms with Crippen molar-refractivity contribution in [1.29, 1.82) is 0 Å². The Labute approximate surface area is 168 Å². The van der Waals surface area contributed by atoms with Gasteiger partial charge in [-0.3, -0.25) is 0 Å².